The zero-order chi connectivity index (χ0) is 20.1. The molecule has 0 fully saturated rings. The van der Waals surface area contributed by atoms with E-state index in [0.29, 0.717) is 29.6 Å². The van der Waals surface area contributed by atoms with Crippen LogP contribution < -0.4 is 5.32 Å². The second-order valence-electron chi connectivity index (χ2n) is 5.81. The van der Waals surface area contributed by atoms with Crippen LogP contribution in [0.2, 0.25) is 0 Å². The molecular weight excluding hydrogens is 412 g/mol. The van der Waals surface area contributed by atoms with Gasteiger partial charge in [0.25, 0.3) is 5.69 Å². The Hall–Kier alpha value is -3.31. The molecule has 9 nitrogen and oxygen atoms in total. The van der Waals surface area contributed by atoms with Crippen molar-refractivity contribution < 1.29 is 9.34 Å². The molecule has 4 aromatic rings. The predicted molar refractivity (Wildman–Crippen MR) is 110 cm³/mol. The van der Waals surface area contributed by atoms with E-state index in [9.17, 15) is 10.1 Å². The van der Waals surface area contributed by atoms with Crippen molar-refractivity contribution in [3.05, 3.63) is 76.2 Å². The highest BCUT2D eigenvalue weighted by Gasteiger charge is 2.12. The lowest BCUT2D eigenvalue weighted by molar-refractivity contribution is -0.384. The standard InChI is InChI=1S/C18H14N6O3S2/c25-24(26)14-8-6-13(7-9-14)16-21-20-15(27-16)11-28-18-23-22-17(29-18)19-10-12-4-2-1-3-5-12/h1-9H,10-11H2,(H,19,22). The van der Waals surface area contributed by atoms with Gasteiger partial charge in [-0.15, -0.1) is 20.4 Å². The number of rotatable bonds is 8. The Balaban J connectivity index is 1.32. The molecule has 0 radical (unpaired) electrons. The van der Waals surface area contributed by atoms with Crippen LogP contribution >= 0.6 is 23.1 Å². The van der Waals surface area contributed by atoms with Gasteiger partial charge in [-0.05, 0) is 17.7 Å². The van der Waals surface area contributed by atoms with Gasteiger partial charge in [0.2, 0.25) is 16.9 Å². The number of nitrogens with one attached hydrogen (secondary N) is 1. The molecule has 4 rings (SSSR count). The summed E-state index contributed by atoms with van der Waals surface area (Å²) >= 11 is 2.91. The zero-order valence-electron chi connectivity index (χ0n) is 14.9. The second-order valence-corrected chi connectivity index (χ2v) is 8.01. The average molecular weight is 426 g/mol. The number of anilines is 1. The largest absolute Gasteiger partial charge is 0.420 e. The first kappa shape index (κ1) is 19.0. The summed E-state index contributed by atoms with van der Waals surface area (Å²) in [5.41, 5.74) is 1.81. The quantitative estimate of drug-likeness (QED) is 0.248. The zero-order valence-corrected chi connectivity index (χ0v) is 16.5. The average Bonchev–Trinajstić information content (AvgIpc) is 3.41. The third-order valence-corrected chi connectivity index (χ3v) is 5.80. The first-order valence-corrected chi connectivity index (χ1v) is 10.3. The van der Waals surface area contributed by atoms with Crippen molar-refractivity contribution in [2.75, 3.05) is 5.32 Å². The molecule has 2 heterocycles. The molecule has 0 saturated carbocycles. The van der Waals surface area contributed by atoms with Crippen LogP contribution in [0.4, 0.5) is 10.8 Å². The number of non-ortho nitro benzene ring substituents is 1. The molecule has 0 aliphatic rings. The summed E-state index contributed by atoms with van der Waals surface area (Å²) in [6.07, 6.45) is 0. The van der Waals surface area contributed by atoms with E-state index in [1.165, 1.54) is 40.8 Å². The van der Waals surface area contributed by atoms with Gasteiger partial charge in [0.05, 0.1) is 10.7 Å². The summed E-state index contributed by atoms with van der Waals surface area (Å²) in [6.45, 7) is 0.683. The van der Waals surface area contributed by atoms with E-state index in [-0.39, 0.29) is 5.69 Å². The number of nitro benzene ring substituents is 1. The Bertz CT molecular complexity index is 1100. The number of hydrogen-bond donors (Lipinski definition) is 1. The Morgan fingerprint density at radius 1 is 1.03 bits per heavy atom. The fourth-order valence-corrected chi connectivity index (χ4v) is 3.98. The number of thioether (sulfide) groups is 1. The minimum Gasteiger partial charge on any atom is -0.420 e. The normalized spacial score (nSPS) is 10.8. The highest BCUT2D eigenvalue weighted by atomic mass is 32.2. The first-order valence-electron chi connectivity index (χ1n) is 8.49. The SMILES string of the molecule is O=[N+]([O-])c1ccc(-c2nnc(CSc3nnc(NCc4ccccc4)s3)o2)cc1. The van der Waals surface area contributed by atoms with Gasteiger partial charge in [-0.1, -0.05) is 53.4 Å². The van der Waals surface area contributed by atoms with Crippen LogP contribution in [0.25, 0.3) is 11.5 Å². The maximum Gasteiger partial charge on any atom is 0.269 e. The van der Waals surface area contributed by atoms with Crippen molar-refractivity contribution in [3.8, 4) is 11.5 Å². The highest BCUT2D eigenvalue weighted by molar-refractivity contribution is 8.00. The number of nitro groups is 1. The molecule has 0 amide bonds. The molecule has 0 atom stereocenters. The van der Waals surface area contributed by atoms with Gasteiger partial charge in [0, 0.05) is 24.2 Å². The number of hydrogen-bond acceptors (Lipinski definition) is 10. The summed E-state index contributed by atoms with van der Waals surface area (Å²) in [5.74, 6) is 1.21. The van der Waals surface area contributed by atoms with Gasteiger partial charge in [-0.3, -0.25) is 10.1 Å². The van der Waals surface area contributed by atoms with Gasteiger partial charge in [-0.25, -0.2) is 0 Å². The minimum atomic E-state index is -0.454. The summed E-state index contributed by atoms with van der Waals surface area (Å²) in [5, 5.41) is 31.0. The molecule has 11 heteroatoms. The third kappa shape index (κ3) is 4.95. The number of benzene rings is 2. The lowest BCUT2D eigenvalue weighted by Crippen LogP contribution is -1.98. The molecule has 29 heavy (non-hydrogen) atoms. The minimum absolute atomic E-state index is 0.0111. The molecule has 2 aromatic heterocycles. The lowest BCUT2D eigenvalue weighted by atomic mass is 10.2. The van der Waals surface area contributed by atoms with Crippen molar-refractivity contribution in [1.29, 1.82) is 0 Å². The van der Waals surface area contributed by atoms with E-state index < -0.39 is 4.92 Å². The predicted octanol–water partition coefficient (Wildman–Crippen LogP) is 4.40. The summed E-state index contributed by atoms with van der Waals surface area (Å²) in [7, 11) is 0. The Kier molecular flexibility index (Phi) is 5.77. The Morgan fingerprint density at radius 2 is 1.83 bits per heavy atom. The molecule has 0 aliphatic heterocycles. The van der Waals surface area contributed by atoms with Crippen molar-refractivity contribution in [3.63, 3.8) is 0 Å². The molecule has 2 aromatic carbocycles. The Labute approximate surface area is 173 Å². The van der Waals surface area contributed by atoms with E-state index in [2.05, 4.69) is 25.7 Å². The van der Waals surface area contributed by atoms with E-state index in [1.807, 2.05) is 30.3 Å². The molecule has 1 N–H and O–H groups in total. The van der Waals surface area contributed by atoms with Crippen LogP contribution in [0.5, 0.6) is 0 Å². The van der Waals surface area contributed by atoms with E-state index >= 15 is 0 Å². The summed E-state index contributed by atoms with van der Waals surface area (Å²) in [6, 6.07) is 16.0. The monoisotopic (exact) mass is 426 g/mol. The first-order chi connectivity index (χ1) is 14.2. The summed E-state index contributed by atoms with van der Waals surface area (Å²) in [4.78, 5) is 10.3. The van der Waals surface area contributed by atoms with Gasteiger partial charge in [0.15, 0.2) is 4.34 Å². The molecule has 0 aliphatic carbocycles. The van der Waals surface area contributed by atoms with Crippen molar-refractivity contribution in [2.24, 2.45) is 0 Å². The topological polar surface area (TPSA) is 120 Å². The maximum absolute atomic E-state index is 10.7. The van der Waals surface area contributed by atoms with Crippen molar-refractivity contribution in [1.82, 2.24) is 20.4 Å². The maximum atomic E-state index is 10.7. The van der Waals surface area contributed by atoms with Crippen LogP contribution in [0.1, 0.15) is 11.5 Å². The van der Waals surface area contributed by atoms with Crippen molar-refractivity contribution >= 4 is 33.9 Å². The molecular formula is C18H14N6O3S2. The van der Waals surface area contributed by atoms with Crippen LogP contribution in [0, 0.1) is 10.1 Å². The molecule has 0 spiro atoms. The van der Waals surface area contributed by atoms with Crippen LogP contribution in [0.15, 0.2) is 63.4 Å². The van der Waals surface area contributed by atoms with Gasteiger partial charge in [0.1, 0.15) is 0 Å². The fourth-order valence-electron chi connectivity index (χ4n) is 2.39. The summed E-state index contributed by atoms with van der Waals surface area (Å²) < 4.78 is 6.42. The van der Waals surface area contributed by atoms with E-state index in [0.717, 1.165) is 9.47 Å². The van der Waals surface area contributed by atoms with Crippen LogP contribution in [-0.2, 0) is 12.3 Å². The third-order valence-electron chi connectivity index (χ3n) is 3.80. The molecule has 0 unspecified atom stereocenters. The Morgan fingerprint density at radius 3 is 2.59 bits per heavy atom. The fraction of sp³-hybridized carbons (Fsp3) is 0.111. The number of aromatic nitrogens is 4. The lowest BCUT2D eigenvalue weighted by Gasteiger charge is -2.00. The smallest absolute Gasteiger partial charge is 0.269 e. The van der Waals surface area contributed by atoms with Crippen molar-refractivity contribution in [2.45, 2.75) is 16.6 Å². The molecule has 0 saturated heterocycles. The van der Waals surface area contributed by atoms with Crippen LogP contribution in [-0.4, -0.2) is 25.3 Å². The van der Waals surface area contributed by atoms with Gasteiger partial charge < -0.3 is 9.73 Å². The van der Waals surface area contributed by atoms with Gasteiger partial charge >= 0.3 is 0 Å². The van der Waals surface area contributed by atoms with Crippen LogP contribution in [0.3, 0.4) is 0 Å². The van der Waals surface area contributed by atoms with E-state index in [4.69, 9.17) is 4.42 Å². The highest BCUT2D eigenvalue weighted by Crippen LogP contribution is 2.29. The number of nitrogens with zero attached hydrogens (tertiary/aromatic N) is 5. The molecule has 146 valence electrons. The molecule has 0 bridgehead atoms. The van der Waals surface area contributed by atoms with Gasteiger partial charge in [-0.2, -0.15) is 0 Å². The van der Waals surface area contributed by atoms with E-state index in [1.54, 1.807) is 12.1 Å². The second kappa shape index (κ2) is 8.80.